The number of allylic oxidation sites excluding steroid dienone is 2. The molecule has 3 atom stereocenters. The van der Waals surface area contributed by atoms with Crippen molar-refractivity contribution in [2.45, 2.75) is 148 Å². The van der Waals surface area contributed by atoms with Crippen LogP contribution in [0.15, 0.2) is 12.2 Å². The van der Waals surface area contributed by atoms with Gasteiger partial charge in [-0.05, 0) is 32.1 Å². The predicted octanol–water partition coefficient (Wildman–Crippen LogP) is 5.80. The molecule has 0 fully saturated rings. The lowest BCUT2D eigenvalue weighted by atomic mass is 10.0. The van der Waals surface area contributed by atoms with E-state index >= 15 is 0 Å². The zero-order valence-corrected chi connectivity index (χ0v) is 21.1. The van der Waals surface area contributed by atoms with Crippen LogP contribution >= 0.6 is 0 Å². The van der Waals surface area contributed by atoms with E-state index in [4.69, 9.17) is 0 Å². The summed E-state index contributed by atoms with van der Waals surface area (Å²) in [4.78, 5) is 12.2. The van der Waals surface area contributed by atoms with Gasteiger partial charge < -0.3 is 20.6 Å². The summed E-state index contributed by atoms with van der Waals surface area (Å²) in [5.74, 6) is -0.491. The molecule has 0 saturated heterocycles. The molecule has 0 aliphatic heterocycles. The third-order valence-electron chi connectivity index (χ3n) is 6.13. The molecule has 0 rings (SSSR count). The molecule has 0 aliphatic carbocycles. The molecule has 0 aromatic carbocycles. The molecule has 0 saturated carbocycles. The van der Waals surface area contributed by atoms with Gasteiger partial charge in [-0.2, -0.15) is 0 Å². The number of hydrogen-bond acceptors (Lipinski definition) is 4. The second-order valence-electron chi connectivity index (χ2n) is 9.25. The smallest absolute Gasteiger partial charge is 0.249 e. The van der Waals surface area contributed by atoms with Crippen LogP contribution in [-0.2, 0) is 4.79 Å². The number of unbranched alkanes of at least 4 members (excludes halogenated alkanes) is 13. The molecule has 190 valence electrons. The van der Waals surface area contributed by atoms with Crippen LogP contribution in [0.4, 0.5) is 0 Å². The Balaban J connectivity index is 3.86. The first-order chi connectivity index (χ1) is 15.6. The molecule has 0 radical (unpaired) electrons. The van der Waals surface area contributed by atoms with Gasteiger partial charge in [-0.1, -0.05) is 109 Å². The van der Waals surface area contributed by atoms with E-state index in [2.05, 4.69) is 31.3 Å². The number of hydrogen-bond donors (Lipinski definition) is 4. The first kappa shape index (κ1) is 31.1. The van der Waals surface area contributed by atoms with Crippen LogP contribution in [0.1, 0.15) is 129 Å². The zero-order chi connectivity index (χ0) is 23.9. The maximum absolute atomic E-state index is 12.2. The van der Waals surface area contributed by atoms with Gasteiger partial charge in [-0.3, -0.25) is 4.79 Å². The Kier molecular flexibility index (Phi) is 22.6. The van der Waals surface area contributed by atoms with Crippen molar-refractivity contribution >= 4 is 5.91 Å². The van der Waals surface area contributed by atoms with E-state index in [1.54, 1.807) is 0 Å². The first-order valence-corrected chi connectivity index (χ1v) is 13.5. The maximum atomic E-state index is 12.2. The van der Waals surface area contributed by atoms with Crippen molar-refractivity contribution < 1.29 is 20.1 Å². The van der Waals surface area contributed by atoms with Crippen molar-refractivity contribution in [3.63, 3.8) is 0 Å². The van der Waals surface area contributed by atoms with Gasteiger partial charge in [-0.15, -0.1) is 0 Å². The SMILES string of the molecule is CCCC/C=C\CCCCCC(O)C(=O)NC(CO)C(O)CCCCCCCCCCC. The molecule has 1 amide bonds. The third-order valence-corrected chi connectivity index (χ3v) is 6.13. The standard InChI is InChI=1S/C27H53NO4/c1-3-5-7-9-11-13-15-17-19-21-25(30)24(23-29)28-27(32)26(31)22-20-18-16-14-12-10-8-6-4-2/h10,12,24-26,29-31H,3-9,11,13-23H2,1-2H3,(H,28,32)/b12-10-. The van der Waals surface area contributed by atoms with Gasteiger partial charge in [0.1, 0.15) is 6.10 Å². The summed E-state index contributed by atoms with van der Waals surface area (Å²) in [6.45, 7) is 4.10. The van der Waals surface area contributed by atoms with Crippen molar-refractivity contribution in [1.82, 2.24) is 5.32 Å². The number of nitrogens with one attached hydrogen (secondary N) is 1. The van der Waals surface area contributed by atoms with E-state index in [-0.39, 0.29) is 6.61 Å². The molecule has 5 nitrogen and oxygen atoms in total. The van der Waals surface area contributed by atoms with Gasteiger partial charge in [0.15, 0.2) is 0 Å². The average molecular weight is 456 g/mol. The van der Waals surface area contributed by atoms with Crippen molar-refractivity contribution in [3.8, 4) is 0 Å². The van der Waals surface area contributed by atoms with Crippen LogP contribution < -0.4 is 5.32 Å². The Morgan fingerprint density at radius 2 is 1.22 bits per heavy atom. The fourth-order valence-electron chi connectivity index (χ4n) is 3.87. The van der Waals surface area contributed by atoms with Crippen molar-refractivity contribution in [2.24, 2.45) is 0 Å². The average Bonchev–Trinajstić information content (AvgIpc) is 2.79. The summed E-state index contributed by atoms with van der Waals surface area (Å²) in [5.41, 5.74) is 0. The lowest BCUT2D eigenvalue weighted by Crippen LogP contribution is -2.49. The van der Waals surface area contributed by atoms with E-state index in [9.17, 15) is 20.1 Å². The molecule has 4 N–H and O–H groups in total. The molecule has 0 aromatic heterocycles. The normalized spacial score (nSPS) is 14.5. The number of amides is 1. The third kappa shape index (κ3) is 18.6. The summed E-state index contributed by atoms with van der Waals surface area (Å²) in [5, 5.41) is 32.6. The highest BCUT2D eigenvalue weighted by atomic mass is 16.3. The highest BCUT2D eigenvalue weighted by Gasteiger charge is 2.23. The Bertz CT molecular complexity index is 441. The minimum absolute atomic E-state index is 0.318. The summed E-state index contributed by atoms with van der Waals surface area (Å²) < 4.78 is 0. The molecule has 0 aromatic rings. The summed E-state index contributed by atoms with van der Waals surface area (Å²) in [7, 11) is 0. The van der Waals surface area contributed by atoms with Gasteiger partial charge >= 0.3 is 0 Å². The van der Waals surface area contributed by atoms with E-state index < -0.39 is 24.2 Å². The molecule has 3 unspecified atom stereocenters. The first-order valence-electron chi connectivity index (χ1n) is 13.5. The fraction of sp³-hybridized carbons (Fsp3) is 0.889. The van der Waals surface area contributed by atoms with Crippen molar-refractivity contribution in [1.29, 1.82) is 0 Å². The maximum Gasteiger partial charge on any atom is 0.249 e. The van der Waals surface area contributed by atoms with E-state index in [1.165, 1.54) is 57.8 Å². The lowest BCUT2D eigenvalue weighted by molar-refractivity contribution is -0.131. The number of aliphatic hydroxyl groups is 3. The monoisotopic (exact) mass is 455 g/mol. The van der Waals surface area contributed by atoms with Crippen molar-refractivity contribution in [2.75, 3.05) is 6.61 Å². The number of carbonyl (C=O) groups is 1. The summed E-state index contributed by atoms with van der Waals surface area (Å²) >= 11 is 0. The topological polar surface area (TPSA) is 89.8 Å². The number of carbonyl (C=O) groups excluding carboxylic acids is 1. The van der Waals surface area contributed by atoms with Crippen molar-refractivity contribution in [3.05, 3.63) is 12.2 Å². The van der Waals surface area contributed by atoms with Crippen LogP contribution in [0.25, 0.3) is 0 Å². The largest absolute Gasteiger partial charge is 0.394 e. The van der Waals surface area contributed by atoms with Gasteiger partial charge in [-0.25, -0.2) is 0 Å². The van der Waals surface area contributed by atoms with Crippen LogP contribution in [-0.4, -0.2) is 46.1 Å². The lowest BCUT2D eigenvalue weighted by Gasteiger charge is -2.23. The van der Waals surface area contributed by atoms with Crippen LogP contribution in [0.5, 0.6) is 0 Å². The van der Waals surface area contributed by atoms with Gasteiger partial charge in [0.05, 0.1) is 18.8 Å². The van der Waals surface area contributed by atoms with Crippen LogP contribution in [0.2, 0.25) is 0 Å². The Hall–Kier alpha value is -0.910. The highest BCUT2D eigenvalue weighted by molar-refractivity contribution is 5.80. The quantitative estimate of drug-likeness (QED) is 0.116. The fourth-order valence-corrected chi connectivity index (χ4v) is 3.87. The predicted molar refractivity (Wildman–Crippen MR) is 135 cm³/mol. The van der Waals surface area contributed by atoms with Gasteiger partial charge in [0, 0.05) is 0 Å². The molecule has 5 heteroatoms. The summed E-state index contributed by atoms with van der Waals surface area (Å²) in [6.07, 6.45) is 21.9. The van der Waals surface area contributed by atoms with Gasteiger partial charge in [0.25, 0.3) is 0 Å². The molecule has 32 heavy (non-hydrogen) atoms. The van der Waals surface area contributed by atoms with E-state index in [0.29, 0.717) is 12.8 Å². The Labute approximate surface area is 198 Å². The Morgan fingerprint density at radius 1 is 0.719 bits per heavy atom. The molecule has 0 spiro atoms. The molecule has 0 bridgehead atoms. The van der Waals surface area contributed by atoms with Gasteiger partial charge in [0.2, 0.25) is 5.91 Å². The minimum Gasteiger partial charge on any atom is -0.394 e. The van der Waals surface area contributed by atoms with E-state index in [0.717, 1.165) is 44.9 Å². The molecule has 0 aliphatic rings. The second-order valence-corrected chi connectivity index (χ2v) is 9.25. The van der Waals surface area contributed by atoms with E-state index in [1.807, 2.05) is 0 Å². The highest BCUT2D eigenvalue weighted by Crippen LogP contribution is 2.13. The number of rotatable bonds is 23. The zero-order valence-electron chi connectivity index (χ0n) is 21.1. The molecule has 0 heterocycles. The minimum atomic E-state index is -1.08. The van der Waals surface area contributed by atoms with Crippen LogP contribution in [0.3, 0.4) is 0 Å². The molecular formula is C27H53NO4. The second kappa shape index (κ2) is 23.3. The summed E-state index contributed by atoms with van der Waals surface area (Å²) in [6, 6.07) is -0.709. The molecular weight excluding hydrogens is 402 g/mol. The Morgan fingerprint density at radius 3 is 1.81 bits per heavy atom. The number of aliphatic hydroxyl groups excluding tert-OH is 3. The van der Waals surface area contributed by atoms with Crippen LogP contribution in [0, 0.1) is 0 Å².